The van der Waals surface area contributed by atoms with Gasteiger partial charge in [-0.2, -0.15) is 0 Å². The third kappa shape index (κ3) is 3.43. The number of methoxy groups -OCH3 is 1. The Labute approximate surface area is 86.1 Å². The minimum atomic E-state index is -4.35. The molecule has 0 radical (unpaired) electrons. The zero-order valence-corrected chi connectivity index (χ0v) is 8.85. The van der Waals surface area contributed by atoms with Gasteiger partial charge in [0, 0.05) is 6.20 Å². The van der Waals surface area contributed by atoms with Crippen molar-refractivity contribution in [3.05, 3.63) is 23.9 Å². The van der Waals surface area contributed by atoms with E-state index < -0.39 is 19.5 Å². The van der Waals surface area contributed by atoms with E-state index in [0.29, 0.717) is 0 Å². The topological polar surface area (TPSA) is 96.7 Å². The van der Waals surface area contributed by atoms with E-state index >= 15 is 0 Å². The summed E-state index contributed by atoms with van der Waals surface area (Å²) in [7, 11) is -3.02. The molecule has 1 heterocycles. The van der Waals surface area contributed by atoms with Crippen LogP contribution in [-0.2, 0) is 4.57 Å². The van der Waals surface area contributed by atoms with Gasteiger partial charge >= 0.3 is 7.60 Å². The zero-order valence-electron chi connectivity index (χ0n) is 7.95. The molecule has 1 rings (SSSR count). The van der Waals surface area contributed by atoms with Crippen LogP contribution in [0.4, 0.5) is 0 Å². The molecule has 0 spiro atoms. The normalized spacial score (nSPS) is 11.1. The molecule has 0 fully saturated rings. The van der Waals surface area contributed by atoms with Crippen LogP contribution >= 0.6 is 7.60 Å². The minimum Gasteiger partial charge on any atom is -0.480 e. The molecule has 0 saturated heterocycles. The van der Waals surface area contributed by atoms with Crippen molar-refractivity contribution in [2.45, 2.75) is 0 Å². The Hall–Kier alpha value is -1.23. The Morgan fingerprint density at radius 2 is 2.27 bits per heavy atom. The monoisotopic (exact) mass is 231 g/mol. The van der Waals surface area contributed by atoms with Crippen LogP contribution in [0.3, 0.4) is 0 Å². The van der Waals surface area contributed by atoms with Gasteiger partial charge in [-0.1, -0.05) is 0 Å². The summed E-state index contributed by atoms with van der Waals surface area (Å²) in [5.74, 6) is -0.621. The molecule has 82 valence electrons. The van der Waals surface area contributed by atoms with Crippen LogP contribution in [-0.4, -0.2) is 33.8 Å². The maximum Gasteiger partial charge on any atom is 0.333 e. The van der Waals surface area contributed by atoms with Crippen molar-refractivity contribution in [3.63, 3.8) is 0 Å². The number of ketones is 1. The van der Waals surface area contributed by atoms with Crippen molar-refractivity contribution < 1.29 is 23.9 Å². The van der Waals surface area contributed by atoms with Crippen LogP contribution in [0.25, 0.3) is 0 Å². The van der Waals surface area contributed by atoms with E-state index in [4.69, 9.17) is 14.5 Å². The number of aromatic nitrogens is 1. The molecule has 1 aromatic heterocycles. The van der Waals surface area contributed by atoms with Crippen molar-refractivity contribution in [1.29, 1.82) is 0 Å². The molecule has 0 atom stereocenters. The number of ether oxygens (including phenoxy) is 1. The van der Waals surface area contributed by atoms with Crippen molar-refractivity contribution in [2.75, 3.05) is 13.3 Å². The third-order valence-corrected chi connectivity index (χ3v) is 2.31. The number of rotatable bonds is 4. The predicted octanol–water partition coefficient (Wildman–Crippen LogP) is 0.451. The molecule has 7 heteroatoms. The second-order valence-electron chi connectivity index (χ2n) is 2.81. The number of nitrogens with zero attached hydrogens (tertiary/aromatic N) is 1. The van der Waals surface area contributed by atoms with Crippen molar-refractivity contribution in [2.24, 2.45) is 0 Å². The second-order valence-corrected chi connectivity index (χ2v) is 4.45. The fourth-order valence-electron chi connectivity index (χ4n) is 1.04. The fraction of sp³-hybridized carbons (Fsp3) is 0.250. The summed E-state index contributed by atoms with van der Waals surface area (Å²) in [6, 6.07) is 2.90. The average Bonchev–Trinajstić information content (AvgIpc) is 2.15. The number of hydrogen-bond donors (Lipinski definition) is 2. The van der Waals surface area contributed by atoms with Gasteiger partial charge in [0.05, 0.1) is 12.7 Å². The summed E-state index contributed by atoms with van der Waals surface area (Å²) in [6.45, 7) is 0. The van der Waals surface area contributed by atoms with E-state index in [-0.39, 0.29) is 11.4 Å². The Kier molecular flexibility index (Phi) is 3.57. The Balaban J connectivity index is 2.96. The highest BCUT2D eigenvalue weighted by molar-refractivity contribution is 7.52. The van der Waals surface area contributed by atoms with Crippen LogP contribution in [0.5, 0.6) is 5.88 Å². The van der Waals surface area contributed by atoms with Gasteiger partial charge in [0.1, 0.15) is 6.16 Å². The molecule has 0 aliphatic heterocycles. The number of pyridine rings is 1. The summed E-state index contributed by atoms with van der Waals surface area (Å²) in [5.41, 5.74) is 0.0725. The van der Waals surface area contributed by atoms with Crippen molar-refractivity contribution in [1.82, 2.24) is 4.98 Å². The maximum atomic E-state index is 11.4. The minimum absolute atomic E-state index is 0.0657. The SMILES string of the molecule is COc1ncccc1C(=O)CP(=O)(O)O. The Morgan fingerprint density at radius 3 is 2.80 bits per heavy atom. The molecule has 0 aliphatic rings. The fourth-order valence-corrected chi connectivity index (χ4v) is 1.58. The van der Waals surface area contributed by atoms with Gasteiger partial charge in [-0.05, 0) is 12.1 Å². The smallest absolute Gasteiger partial charge is 0.333 e. The largest absolute Gasteiger partial charge is 0.480 e. The maximum absolute atomic E-state index is 11.4. The molecule has 0 saturated carbocycles. The summed E-state index contributed by atoms with van der Waals surface area (Å²) >= 11 is 0. The van der Waals surface area contributed by atoms with Gasteiger partial charge in [-0.15, -0.1) is 0 Å². The van der Waals surface area contributed by atoms with Gasteiger partial charge in [0.15, 0.2) is 5.78 Å². The highest BCUT2D eigenvalue weighted by Gasteiger charge is 2.22. The van der Waals surface area contributed by atoms with Crippen LogP contribution < -0.4 is 4.74 Å². The van der Waals surface area contributed by atoms with Crippen LogP contribution in [0.15, 0.2) is 18.3 Å². The lowest BCUT2D eigenvalue weighted by Gasteiger charge is -2.06. The van der Waals surface area contributed by atoms with Crippen LogP contribution in [0.1, 0.15) is 10.4 Å². The van der Waals surface area contributed by atoms with Gasteiger partial charge in [-0.25, -0.2) is 4.98 Å². The summed E-state index contributed by atoms with van der Waals surface area (Å²) in [6.07, 6.45) is 0.585. The second kappa shape index (κ2) is 4.53. The molecule has 2 N–H and O–H groups in total. The zero-order chi connectivity index (χ0) is 11.5. The predicted molar refractivity (Wildman–Crippen MR) is 52.0 cm³/mol. The molecule has 6 nitrogen and oxygen atoms in total. The number of Topliss-reactive ketones (excluding diaryl/α,β-unsaturated/α-hetero) is 1. The molecular weight excluding hydrogens is 221 g/mol. The first-order valence-corrected chi connectivity index (χ1v) is 5.80. The van der Waals surface area contributed by atoms with Gasteiger partial charge in [-0.3, -0.25) is 9.36 Å². The van der Waals surface area contributed by atoms with Gasteiger partial charge in [0.25, 0.3) is 0 Å². The highest BCUT2D eigenvalue weighted by Crippen LogP contribution is 2.35. The lowest BCUT2D eigenvalue weighted by Crippen LogP contribution is -2.08. The van der Waals surface area contributed by atoms with E-state index in [9.17, 15) is 9.36 Å². The lowest BCUT2D eigenvalue weighted by molar-refractivity contribution is 0.101. The van der Waals surface area contributed by atoms with Gasteiger partial charge < -0.3 is 14.5 Å². The number of carbonyl (C=O) groups excluding carboxylic acids is 1. The van der Waals surface area contributed by atoms with E-state index in [1.165, 1.54) is 25.4 Å². The average molecular weight is 231 g/mol. The summed E-state index contributed by atoms with van der Waals surface area (Å²) < 4.78 is 15.4. The van der Waals surface area contributed by atoms with E-state index in [2.05, 4.69) is 4.98 Å². The quantitative estimate of drug-likeness (QED) is 0.576. The molecule has 0 bridgehead atoms. The molecule has 1 aromatic rings. The van der Waals surface area contributed by atoms with Crippen LogP contribution in [0, 0.1) is 0 Å². The third-order valence-electron chi connectivity index (χ3n) is 1.61. The first-order chi connectivity index (χ1) is 6.94. The first-order valence-electron chi connectivity index (χ1n) is 4.01. The summed E-state index contributed by atoms with van der Waals surface area (Å²) in [4.78, 5) is 32.5. The Bertz CT molecular complexity index is 413. The first kappa shape index (κ1) is 11.8. The molecule has 0 aliphatic carbocycles. The molecule has 15 heavy (non-hydrogen) atoms. The standard InChI is InChI=1S/C8H10NO5P/c1-14-8-6(3-2-4-9-8)7(10)5-15(11,12)13/h2-4H,5H2,1H3,(H2,11,12,13). The summed E-state index contributed by atoms with van der Waals surface area (Å²) in [5, 5.41) is 0. The van der Waals surface area contributed by atoms with E-state index in [0.717, 1.165) is 0 Å². The Morgan fingerprint density at radius 1 is 1.60 bits per heavy atom. The number of carbonyl (C=O) groups is 1. The highest BCUT2D eigenvalue weighted by atomic mass is 31.2. The van der Waals surface area contributed by atoms with E-state index in [1.807, 2.05) is 0 Å². The molecular formula is C8H10NO5P. The van der Waals surface area contributed by atoms with Crippen molar-refractivity contribution >= 4 is 13.4 Å². The lowest BCUT2D eigenvalue weighted by atomic mass is 10.2. The molecule has 0 unspecified atom stereocenters. The molecule has 0 amide bonds. The van der Waals surface area contributed by atoms with Crippen LogP contribution in [0.2, 0.25) is 0 Å². The number of hydrogen-bond acceptors (Lipinski definition) is 4. The van der Waals surface area contributed by atoms with E-state index in [1.54, 1.807) is 0 Å². The van der Waals surface area contributed by atoms with Crippen molar-refractivity contribution in [3.8, 4) is 5.88 Å². The molecule has 0 aromatic carbocycles. The van der Waals surface area contributed by atoms with Gasteiger partial charge in [0.2, 0.25) is 5.88 Å².